The molecule has 138 valence electrons. The molecule has 0 radical (unpaired) electrons. The summed E-state index contributed by atoms with van der Waals surface area (Å²) in [6, 6.07) is 9.47. The van der Waals surface area contributed by atoms with E-state index in [1.165, 1.54) is 12.1 Å². The van der Waals surface area contributed by atoms with E-state index in [1.54, 1.807) is 30.5 Å². The lowest BCUT2D eigenvalue weighted by Crippen LogP contribution is -2.30. The van der Waals surface area contributed by atoms with Gasteiger partial charge in [0, 0.05) is 19.3 Å². The largest absolute Gasteiger partial charge is 0.435 e. The Kier molecular flexibility index (Phi) is 5.65. The maximum atomic E-state index is 12.7. The Morgan fingerprint density at radius 2 is 1.88 bits per heavy atom. The van der Waals surface area contributed by atoms with E-state index in [9.17, 15) is 13.6 Å². The van der Waals surface area contributed by atoms with Crippen molar-refractivity contribution < 1.29 is 18.3 Å². The fourth-order valence-corrected chi connectivity index (χ4v) is 3.05. The summed E-state index contributed by atoms with van der Waals surface area (Å²) < 4.78 is 28.8. The third-order valence-corrected chi connectivity index (χ3v) is 4.39. The van der Waals surface area contributed by atoms with E-state index >= 15 is 0 Å². The van der Waals surface area contributed by atoms with Crippen molar-refractivity contribution in [2.75, 3.05) is 18.0 Å². The van der Waals surface area contributed by atoms with E-state index in [0.29, 0.717) is 11.4 Å². The number of nitrogens with one attached hydrogen (secondary N) is 1. The highest BCUT2D eigenvalue weighted by Gasteiger charge is 2.21. The highest BCUT2D eigenvalue weighted by Crippen LogP contribution is 2.23. The van der Waals surface area contributed by atoms with Gasteiger partial charge in [-0.25, -0.2) is 4.98 Å². The van der Waals surface area contributed by atoms with Gasteiger partial charge in [0.05, 0.1) is 11.6 Å². The van der Waals surface area contributed by atoms with Crippen molar-refractivity contribution in [3.63, 3.8) is 0 Å². The molecule has 1 unspecified atom stereocenters. The van der Waals surface area contributed by atoms with Crippen LogP contribution in [0.25, 0.3) is 0 Å². The first-order valence-corrected chi connectivity index (χ1v) is 8.60. The standard InChI is InChI=1S/C19H21F2N3O2/c1-13(14-6-8-15(9-7-14)26-19(20)21)23-18(25)16-5-4-10-22-17(16)24-11-2-3-12-24/h4-10,13,19H,2-3,11-12H2,1H3,(H,23,25). The predicted octanol–water partition coefficient (Wildman–Crippen LogP) is 3.77. The Labute approximate surface area is 151 Å². The van der Waals surface area contributed by atoms with Gasteiger partial charge in [0.1, 0.15) is 11.6 Å². The molecule has 5 nitrogen and oxygen atoms in total. The number of nitrogens with zero attached hydrogens (tertiary/aromatic N) is 2. The van der Waals surface area contributed by atoms with Crippen LogP contribution in [0.5, 0.6) is 5.75 Å². The summed E-state index contributed by atoms with van der Waals surface area (Å²) in [4.78, 5) is 19.2. The molecule has 7 heteroatoms. The molecule has 0 spiro atoms. The number of amides is 1. The average molecular weight is 361 g/mol. The highest BCUT2D eigenvalue weighted by atomic mass is 19.3. The van der Waals surface area contributed by atoms with Gasteiger partial charge in [0.2, 0.25) is 0 Å². The molecule has 0 aliphatic carbocycles. The van der Waals surface area contributed by atoms with Gasteiger partial charge in [-0.15, -0.1) is 0 Å². The summed E-state index contributed by atoms with van der Waals surface area (Å²) in [5, 5.41) is 2.94. The predicted molar refractivity (Wildman–Crippen MR) is 94.6 cm³/mol. The Balaban J connectivity index is 1.69. The van der Waals surface area contributed by atoms with Gasteiger partial charge in [-0.3, -0.25) is 4.79 Å². The van der Waals surface area contributed by atoms with Crippen LogP contribution < -0.4 is 15.0 Å². The van der Waals surface area contributed by atoms with Gasteiger partial charge >= 0.3 is 6.61 Å². The Hall–Kier alpha value is -2.70. The minimum atomic E-state index is -2.85. The fraction of sp³-hybridized carbons (Fsp3) is 0.368. The number of benzene rings is 1. The van der Waals surface area contributed by atoms with Gasteiger partial charge in [-0.2, -0.15) is 8.78 Å². The van der Waals surface area contributed by atoms with Crippen molar-refractivity contribution in [1.29, 1.82) is 0 Å². The van der Waals surface area contributed by atoms with Crippen LogP contribution in [-0.2, 0) is 0 Å². The van der Waals surface area contributed by atoms with Gasteiger partial charge < -0.3 is 15.0 Å². The van der Waals surface area contributed by atoms with Crippen LogP contribution in [0.2, 0.25) is 0 Å². The molecule has 1 aliphatic heterocycles. The number of hydrogen-bond acceptors (Lipinski definition) is 4. The van der Waals surface area contributed by atoms with Crippen LogP contribution in [0, 0.1) is 0 Å². The van der Waals surface area contributed by atoms with Crippen LogP contribution in [0.1, 0.15) is 41.7 Å². The number of ether oxygens (including phenoxy) is 1. The minimum Gasteiger partial charge on any atom is -0.435 e. The number of halogens is 2. The van der Waals surface area contributed by atoms with Gasteiger partial charge in [0.15, 0.2) is 0 Å². The molecule has 1 aromatic carbocycles. The summed E-state index contributed by atoms with van der Waals surface area (Å²) in [5.74, 6) is 0.585. The van der Waals surface area contributed by atoms with Crippen LogP contribution in [0.4, 0.5) is 14.6 Å². The number of hydrogen-bond donors (Lipinski definition) is 1. The molecular weight excluding hydrogens is 340 g/mol. The number of anilines is 1. The molecule has 1 fully saturated rings. The molecule has 2 aromatic rings. The molecule has 2 heterocycles. The monoisotopic (exact) mass is 361 g/mol. The van der Waals surface area contributed by atoms with Crippen molar-refractivity contribution >= 4 is 11.7 Å². The number of alkyl halides is 2. The van der Waals surface area contributed by atoms with E-state index in [1.807, 2.05) is 6.92 Å². The lowest BCUT2D eigenvalue weighted by Gasteiger charge is -2.21. The number of pyridine rings is 1. The number of aromatic nitrogens is 1. The first-order valence-electron chi connectivity index (χ1n) is 8.60. The summed E-state index contributed by atoms with van der Waals surface area (Å²) in [6.45, 7) is 0.788. The molecule has 1 aromatic heterocycles. The minimum absolute atomic E-state index is 0.0888. The normalized spacial score (nSPS) is 15.2. The van der Waals surface area contributed by atoms with Gasteiger partial charge in [-0.1, -0.05) is 12.1 Å². The Bertz CT molecular complexity index is 747. The maximum Gasteiger partial charge on any atom is 0.387 e. The van der Waals surface area contributed by atoms with Crippen molar-refractivity contribution in [3.8, 4) is 5.75 Å². The molecule has 26 heavy (non-hydrogen) atoms. The smallest absolute Gasteiger partial charge is 0.387 e. The van der Waals surface area contributed by atoms with Crippen molar-refractivity contribution in [1.82, 2.24) is 10.3 Å². The van der Waals surface area contributed by atoms with E-state index in [-0.39, 0.29) is 17.7 Å². The Morgan fingerprint density at radius 1 is 1.19 bits per heavy atom. The molecule has 0 bridgehead atoms. The number of carbonyl (C=O) groups excluding carboxylic acids is 1. The molecular formula is C19H21F2N3O2. The summed E-state index contributed by atoms with van der Waals surface area (Å²) in [7, 11) is 0. The van der Waals surface area contributed by atoms with Crippen molar-refractivity contribution in [2.24, 2.45) is 0 Å². The molecule has 1 N–H and O–H groups in total. The third kappa shape index (κ3) is 4.28. The topological polar surface area (TPSA) is 54.5 Å². The van der Waals surface area contributed by atoms with Crippen molar-refractivity contribution in [3.05, 3.63) is 53.7 Å². The summed E-state index contributed by atoms with van der Waals surface area (Å²) >= 11 is 0. The zero-order chi connectivity index (χ0) is 18.5. The first-order chi connectivity index (χ1) is 12.5. The lowest BCUT2D eigenvalue weighted by atomic mass is 10.1. The molecule has 1 amide bonds. The summed E-state index contributed by atoms with van der Waals surface area (Å²) in [5.41, 5.74) is 1.34. The van der Waals surface area contributed by atoms with Gasteiger partial charge in [-0.05, 0) is 49.6 Å². The molecule has 1 aliphatic rings. The van der Waals surface area contributed by atoms with Crippen LogP contribution in [0.3, 0.4) is 0 Å². The summed E-state index contributed by atoms with van der Waals surface area (Å²) in [6.07, 6.45) is 3.89. The SMILES string of the molecule is CC(NC(=O)c1cccnc1N1CCCC1)c1ccc(OC(F)F)cc1. The zero-order valence-electron chi connectivity index (χ0n) is 14.5. The lowest BCUT2D eigenvalue weighted by molar-refractivity contribution is -0.0498. The fourth-order valence-electron chi connectivity index (χ4n) is 3.05. The van der Waals surface area contributed by atoms with E-state index in [2.05, 4.69) is 19.9 Å². The van der Waals surface area contributed by atoms with Gasteiger partial charge in [0.25, 0.3) is 5.91 Å². The Morgan fingerprint density at radius 3 is 2.54 bits per heavy atom. The van der Waals surface area contributed by atoms with Crippen LogP contribution in [0.15, 0.2) is 42.6 Å². The maximum absolute atomic E-state index is 12.7. The van der Waals surface area contributed by atoms with Crippen molar-refractivity contribution in [2.45, 2.75) is 32.4 Å². The van der Waals surface area contributed by atoms with Crippen LogP contribution in [-0.4, -0.2) is 30.6 Å². The van der Waals surface area contributed by atoms with E-state index in [0.717, 1.165) is 31.5 Å². The van der Waals surface area contributed by atoms with E-state index < -0.39 is 6.61 Å². The average Bonchev–Trinajstić information content (AvgIpc) is 3.16. The number of rotatable bonds is 6. The molecule has 1 atom stereocenters. The molecule has 3 rings (SSSR count). The zero-order valence-corrected chi connectivity index (χ0v) is 14.5. The van der Waals surface area contributed by atoms with Crippen LogP contribution >= 0.6 is 0 Å². The second kappa shape index (κ2) is 8.12. The first kappa shape index (κ1) is 18.1. The number of carbonyl (C=O) groups is 1. The molecule has 0 saturated carbocycles. The molecule has 1 saturated heterocycles. The second-order valence-electron chi connectivity index (χ2n) is 6.21. The quantitative estimate of drug-likeness (QED) is 0.851. The van der Waals surface area contributed by atoms with E-state index in [4.69, 9.17) is 0 Å². The highest BCUT2D eigenvalue weighted by molar-refractivity contribution is 5.99. The second-order valence-corrected chi connectivity index (χ2v) is 6.21. The third-order valence-electron chi connectivity index (χ3n) is 4.39.